The molecular weight excluding hydrogens is 134 g/mol. The predicted molar refractivity (Wildman–Crippen MR) is 34.3 cm³/mol. The quantitative estimate of drug-likeness (QED) is 0.473. The average Bonchev–Trinajstić information content (AvgIpc) is 1.84. The molecule has 0 heterocycles. The molecule has 0 aromatic heterocycles. The number of rotatable bonds is 2. The molecule has 0 aromatic carbocycles. The molecule has 1 aliphatic rings. The fraction of sp³-hybridized carbons (Fsp3) is 0.833. The maximum atomic E-state index is 10.1. The van der Waals surface area contributed by atoms with Crippen molar-refractivity contribution in [2.24, 2.45) is 11.7 Å². The van der Waals surface area contributed by atoms with E-state index < -0.39 is 12.1 Å². The van der Waals surface area contributed by atoms with Crippen molar-refractivity contribution in [3.63, 3.8) is 0 Å². The van der Waals surface area contributed by atoms with Crippen LogP contribution in [0, 0.1) is 5.92 Å². The summed E-state index contributed by atoms with van der Waals surface area (Å²) in [5.41, 5.74) is 5.44. The fourth-order valence-electron chi connectivity index (χ4n) is 1.21. The Morgan fingerprint density at radius 2 is 2.30 bits per heavy atom. The first-order valence-corrected chi connectivity index (χ1v) is 3.26. The molecule has 10 heavy (non-hydrogen) atoms. The van der Waals surface area contributed by atoms with Crippen molar-refractivity contribution in [3.05, 3.63) is 0 Å². The van der Waals surface area contributed by atoms with Gasteiger partial charge in [-0.1, -0.05) is 0 Å². The summed E-state index contributed by atoms with van der Waals surface area (Å²) in [7, 11) is 0. The van der Waals surface area contributed by atoms with Crippen LogP contribution in [-0.4, -0.2) is 28.3 Å². The van der Waals surface area contributed by atoms with Gasteiger partial charge in [0, 0.05) is 12.0 Å². The van der Waals surface area contributed by atoms with Gasteiger partial charge in [-0.2, -0.15) is 0 Å². The number of nitrogens with two attached hydrogens (primary N) is 1. The number of aliphatic hydroxyl groups is 1. The van der Waals surface area contributed by atoms with Gasteiger partial charge in [0.2, 0.25) is 0 Å². The highest BCUT2D eigenvalue weighted by atomic mass is 16.4. The lowest BCUT2D eigenvalue weighted by Crippen LogP contribution is -2.51. The molecule has 1 aliphatic carbocycles. The van der Waals surface area contributed by atoms with E-state index in [1.165, 1.54) is 0 Å². The monoisotopic (exact) mass is 145 g/mol. The van der Waals surface area contributed by atoms with Crippen LogP contribution in [-0.2, 0) is 4.79 Å². The highest BCUT2D eigenvalue weighted by molar-refractivity contribution is 5.67. The van der Waals surface area contributed by atoms with Crippen LogP contribution < -0.4 is 5.73 Å². The first-order chi connectivity index (χ1) is 4.61. The molecule has 0 amide bonds. The molecule has 0 saturated heterocycles. The molecule has 58 valence electrons. The number of carbonyl (C=O) groups is 1. The molecule has 0 spiro atoms. The largest absolute Gasteiger partial charge is 0.481 e. The lowest BCUT2D eigenvalue weighted by atomic mass is 9.75. The lowest BCUT2D eigenvalue weighted by Gasteiger charge is -2.38. The van der Waals surface area contributed by atoms with Gasteiger partial charge < -0.3 is 15.9 Å². The molecular formula is C6H11NO3. The fourth-order valence-corrected chi connectivity index (χ4v) is 1.21. The third-order valence-electron chi connectivity index (χ3n) is 1.97. The lowest BCUT2D eigenvalue weighted by molar-refractivity contribution is -0.141. The summed E-state index contributed by atoms with van der Waals surface area (Å²) < 4.78 is 0. The van der Waals surface area contributed by atoms with Crippen molar-refractivity contribution < 1.29 is 15.0 Å². The molecule has 1 rings (SSSR count). The summed E-state index contributed by atoms with van der Waals surface area (Å²) in [6, 6.07) is -0.119. The maximum Gasteiger partial charge on any atom is 0.303 e. The van der Waals surface area contributed by atoms with Crippen molar-refractivity contribution in [2.75, 3.05) is 0 Å². The van der Waals surface area contributed by atoms with E-state index in [4.69, 9.17) is 15.9 Å². The number of carboxylic acid groups (broad SMARTS) is 1. The minimum atomic E-state index is -0.890. The van der Waals surface area contributed by atoms with E-state index in [1.54, 1.807) is 0 Å². The van der Waals surface area contributed by atoms with Crippen molar-refractivity contribution in [1.82, 2.24) is 0 Å². The zero-order chi connectivity index (χ0) is 7.72. The Morgan fingerprint density at radius 1 is 1.70 bits per heavy atom. The third-order valence-corrected chi connectivity index (χ3v) is 1.97. The van der Waals surface area contributed by atoms with Crippen LogP contribution in [0.5, 0.6) is 0 Å². The predicted octanol–water partition coefficient (Wildman–Crippen LogP) is -0.831. The van der Waals surface area contributed by atoms with Crippen LogP contribution >= 0.6 is 0 Å². The number of carboxylic acids is 1. The first kappa shape index (κ1) is 7.50. The molecule has 4 heteroatoms. The first-order valence-electron chi connectivity index (χ1n) is 3.26. The Bertz CT molecular complexity index is 140. The van der Waals surface area contributed by atoms with Gasteiger partial charge in [0.1, 0.15) is 0 Å². The molecule has 0 radical (unpaired) electrons. The molecule has 4 N–H and O–H groups in total. The summed E-state index contributed by atoms with van der Waals surface area (Å²) in [6.45, 7) is 0. The molecule has 3 atom stereocenters. The van der Waals surface area contributed by atoms with Gasteiger partial charge in [-0.25, -0.2) is 0 Å². The Labute approximate surface area is 58.6 Å². The van der Waals surface area contributed by atoms with Gasteiger partial charge in [0.15, 0.2) is 0 Å². The van der Waals surface area contributed by atoms with Crippen molar-refractivity contribution in [2.45, 2.75) is 25.0 Å². The minimum absolute atomic E-state index is 0.0116. The van der Waals surface area contributed by atoms with Gasteiger partial charge in [-0.05, 0) is 6.42 Å². The van der Waals surface area contributed by atoms with Gasteiger partial charge in [0.05, 0.1) is 12.5 Å². The Balaban J connectivity index is 2.33. The van der Waals surface area contributed by atoms with E-state index in [2.05, 4.69) is 0 Å². The molecule has 0 aliphatic heterocycles. The van der Waals surface area contributed by atoms with Crippen LogP contribution in [0.25, 0.3) is 0 Å². The van der Waals surface area contributed by atoms with E-state index in [0.29, 0.717) is 6.42 Å². The summed E-state index contributed by atoms with van der Waals surface area (Å²) in [5, 5.41) is 17.3. The number of hydrogen-bond donors (Lipinski definition) is 3. The maximum absolute atomic E-state index is 10.1. The van der Waals surface area contributed by atoms with E-state index >= 15 is 0 Å². The second kappa shape index (κ2) is 2.56. The zero-order valence-electron chi connectivity index (χ0n) is 5.53. The number of aliphatic carboxylic acids is 1. The number of aliphatic hydroxyl groups excluding tert-OH is 1. The molecule has 1 fully saturated rings. The molecule has 1 saturated carbocycles. The van der Waals surface area contributed by atoms with Crippen LogP contribution in [0.2, 0.25) is 0 Å². The van der Waals surface area contributed by atoms with Crippen LogP contribution in [0.3, 0.4) is 0 Å². The smallest absolute Gasteiger partial charge is 0.303 e. The normalized spacial score (nSPS) is 38.8. The summed E-state index contributed by atoms with van der Waals surface area (Å²) in [6.07, 6.45) is 0.0337. The second-order valence-corrected chi connectivity index (χ2v) is 2.73. The summed E-state index contributed by atoms with van der Waals surface area (Å²) >= 11 is 0. The van der Waals surface area contributed by atoms with E-state index in [0.717, 1.165) is 0 Å². The van der Waals surface area contributed by atoms with Crippen molar-refractivity contribution in [3.8, 4) is 0 Å². The third kappa shape index (κ3) is 1.27. The van der Waals surface area contributed by atoms with E-state index in [-0.39, 0.29) is 18.4 Å². The van der Waals surface area contributed by atoms with Gasteiger partial charge in [-0.15, -0.1) is 0 Å². The highest BCUT2D eigenvalue weighted by Gasteiger charge is 2.38. The molecule has 4 nitrogen and oxygen atoms in total. The second-order valence-electron chi connectivity index (χ2n) is 2.73. The van der Waals surface area contributed by atoms with Crippen molar-refractivity contribution >= 4 is 5.97 Å². The number of hydrogen-bond acceptors (Lipinski definition) is 3. The van der Waals surface area contributed by atoms with Gasteiger partial charge >= 0.3 is 5.97 Å². The Kier molecular flexibility index (Phi) is 1.92. The van der Waals surface area contributed by atoms with Crippen molar-refractivity contribution in [1.29, 1.82) is 0 Å². The highest BCUT2D eigenvalue weighted by Crippen LogP contribution is 2.28. The topological polar surface area (TPSA) is 83.5 Å². The van der Waals surface area contributed by atoms with Crippen LogP contribution in [0.1, 0.15) is 12.8 Å². The van der Waals surface area contributed by atoms with E-state index in [9.17, 15) is 4.79 Å². The summed E-state index contributed by atoms with van der Waals surface area (Å²) in [5.74, 6) is -1.11. The molecule has 3 unspecified atom stereocenters. The van der Waals surface area contributed by atoms with Crippen LogP contribution in [0.15, 0.2) is 0 Å². The Morgan fingerprint density at radius 3 is 2.50 bits per heavy atom. The molecule has 0 aromatic rings. The molecule has 0 bridgehead atoms. The average molecular weight is 145 g/mol. The SMILES string of the molecule is NC1CC(O)C1CC(=O)O. The van der Waals surface area contributed by atoms with E-state index in [1.807, 2.05) is 0 Å². The summed E-state index contributed by atoms with van der Waals surface area (Å²) in [4.78, 5) is 10.1. The van der Waals surface area contributed by atoms with Gasteiger partial charge in [-0.3, -0.25) is 4.79 Å². The Hall–Kier alpha value is -0.610. The van der Waals surface area contributed by atoms with Crippen LogP contribution in [0.4, 0.5) is 0 Å². The standard InChI is InChI=1S/C6H11NO3/c7-4-2-5(8)3(4)1-6(9)10/h3-5,8H,1-2,7H2,(H,9,10). The zero-order valence-corrected chi connectivity index (χ0v) is 5.53. The van der Waals surface area contributed by atoms with Gasteiger partial charge in [0.25, 0.3) is 0 Å². The minimum Gasteiger partial charge on any atom is -0.481 e.